The van der Waals surface area contributed by atoms with Crippen molar-refractivity contribution in [3.05, 3.63) is 23.3 Å². The first kappa shape index (κ1) is 10.2. The molecule has 0 saturated carbocycles. The number of hydrogen-bond donors (Lipinski definition) is 0. The molecular formula is C11H16O2. The van der Waals surface area contributed by atoms with Crippen molar-refractivity contribution in [2.24, 2.45) is 0 Å². The van der Waals surface area contributed by atoms with E-state index >= 15 is 0 Å². The van der Waals surface area contributed by atoms with Gasteiger partial charge in [-0.25, -0.2) is 0 Å². The fourth-order valence-electron chi connectivity index (χ4n) is 1.43. The largest absolute Gasteiger partial charge is 0.376 e. The van der Waals surface area contributed by atoms with Gasteiger partial charge in [0, 0.05) is 0 Å². The van der Waals surface area contributed by atoms with Crippen molar-refractivity contribution >= 4 is 5.78 Å². The highest BCUT2D eigenvalue weighted by Gasteiger charge is 2.08. The van der Waals surface area contributed by atoms with Crippen LogP contribution in [0, 0.1) is 0 Å². The Morgan fingerprint density at radius 1 is 1.62 bits per heavy atom. The summed E-state index contributed by atoms with van der Waals surface area (Å²) in [5.41, 5.74) is 2.60. The maximum Gasteiger partial charge on any atom is 0.152 e. The van der Waals surface area contributed by atoms with Crippen LogP contribution in [0.15, 0.2) is 23.3 Å². The summed E-state index contributed by atoms with van der Waals surface area (Å²) in [4.78, 5) is 10.7. The third-order valence-corrected chi connectivity index (χ3v) is 2.21. The standard InChI is InChI=1S/C11H16O2/c1-3-10-6-7-13-8-11(10)5-4-9(2)12/h4-5H,3,6-8H2,1-2H3/b5-4-. The van der Waals surface area contributed by atoms with Gasteiger partial charge in [-0.15, -0.1) is 0 Å². The van der Waals surface area contributed by atoms with Gasteiger partial charge in [0.1, 0.15) is 0 Å². The van der Waals surface area contributed by atoms with E-state index < -0.39 is 0 Å². The highest BCUT2D eigenvalue weighted by Crippen LogP contribution is 2.19. The summed E-state index contributed by atoms with van der Waals surface area (Å²) in [5.74, 6) is 0.0912. The fourth-order valence-corrected chi connectivity index (χ4v) is 1.43. The first-order valence-electron chi connectivity index (χ1n) is 4.71. The second-order valence-electron chi connectivity index (χ2n) is 3.23. The molecule has 0 aliphatic carbocycles. The van der Waals surface area contributed by atoms with E-state index in [1.807, 2.05) is 6.08 Å². The second-order valence-corrected chi connectivity index (χ2v) is 3.23. The van der Waals surface area contributed by atoms with Crippen LogP contribution in [-0.4, -0.2) is 19.0 Å². The smallest absolute Gasteiger partial charge is 0.152 e. The van der Waals surface area contributed by atoms with Gasteiger partial charge in [0.15, 0.2) is 5.78 Å². The third-order valence-electron chi connectivity index (χ3n) is 2.21. The van der Waals surface area contributed by atoms with E-state index in [9.17, 15) is 4.79 Å². The molecule has 2 nitrogen and oxygen atoms in total. The fraction of sp³-hybridized carbons (Fsp3) is 0.545. The molecule has 0 N–H and O–H groups in total. The lowest BCUT2D eigenvalue weighted by Gasteiger charge is -2.17. The molecule has 1 heterocycles. The van der Waals surface area contributed by atoms with Crippen LogP contribution < -0.4 is 0 Å². The van der Waals surface area contributed by atoms with Gasteiger partial charge >= 0.3 is 0 Å². The summed E-state index contributed by atoms with van der Waals surface area (Å²) >= 11 is 0. The molecule has 0 aromatic heterocycles. The summed E-state index contributed by atoms with van der Waals surface area (Å²) in [5, 5.41) is 0. The molecule has 0 spiro atoms. The van der Waals surface area contributed by atoms with Crippen LogP contribution in [0.2, 0.25) is 0 Å². The van der Waals surface area contributed by atoms with Gasteiger partial charge in [0.25, 0.3) is 0 Å². The minimum atomic E-state index is 0.0912. The van der Waals surface area contributed by atoms with Crippen molar-refractivity contribution in [1.82, 2.24) is 0 Å². The molecule has 0 aromatic carbocycles. The molecule has 13 heavy (non-hydrogen) atoms. The van der Waals surface area contributed by atoms with E-state index in [4.69, 9.17) is 4.74 Å². The molecule has 1 rings (SSSR count). The molecule has 0 radical (unpaired) electrons. The van der Waals surface area contributed by atoms with Crippen LogP contribution in [-0.2, 0) is 9.53 Å². The Balaban J connectivity index is 2.73. The van der Waals surface area contributed by atoms with Gasteiger partial charge in [0.2, 0.25) is 0 Å². The van der Waals surface area contributed by atoms with Gasteiger partial charge in [-0.1, -0.05) is 18.6 Å². The number of allylic oxidation sites excluding steroid dienone is 1. The second kappa shape index (κ2) is 4.97. The maximum atomic E-state index is 10.7. The minimum absolute atomic E-state index is 0.0912. The average Bonchev–Trinajstić information content (AvgIpc) is 2.15. The molecule has 0 atom stereocenters. The zero-order valence-corrected chi connectivity index (χ0v) is 8.30. The Hall–Kier alpha value is -0.890. The van der Waals surface area contributed by atoms with Crippen molar-refractivity contribution < 1.29 is 9.53 Å². The number of carbonyl (C=O) groups excluding carboxylic acids is 1. The van der Waals surface area contributed by atoms with Crippen LogP contribution >= 0.6 is 0 Å². The minimum Gasteiger partial charge on any atom is -0.376 e. The van der Waals surface area contributed by atoms with Crippen molar-refractivity contribution in [2.75, 3.05) is 13.2 Å². The monoisotopic (exact) mass is 180 g/mol. The van der Waals surface area contributed by atoms with Crippen molar-refractivity contribution in [1.29, 1.82) is 0 Å². The van der Waals surface area contributed by atoms with Gasteiger partial charge in [-0.2, -0.15) is 0 Å². The first-order chi connectivity index (χ1) is 6.24. The van der Waals surface area contributed by atoms with Gasteiger partial charge < -0.3 is 4.74 Å². The molecule has 0 bridgehead atoms. The molecule has 0 saturated heterocycles. The van der Waals surface area contributed by atoms with Gasteiger partial charge in [-0.05, 0) is 31.4 Å². The van der Waals surface area contributed by atoms with Crippen LogP contribution in [0.4, 0.5) is 0 Å². The van der Waals surface area contributed by atoms with Crippen molar-refractivity contribution in [3.63, 3.8) is 0 Å². The summed E-state index contributed by atoms with van der Waals surface area (Å²) in [7, 11) is 0. The Labute approximate surface area is 79.3 Å². The number of hydrogen-bond acceptors (Lipinski definition) is 2. The van der Waals surface area contributed by atoms with Crippen molar-refractivity contribution in [3.8, 4) is 0 Å². The van der Waals surface area contributed by atoms with E-state index in [0.29, 0.717) is 6.61 Å². The Morgan fingerprint density at radius 3 is 3.00 bits per heavy atom. The predicted octanol–water partition coefficient (Wildman–Crippen LogP) is 2.26. The van der Waals surface area contributed by atoms with Crippen LogP contribution in [0.25, 0.3) is 0 Å². The van der Waals surface area contributed by atoms with Crippen LogP contribution in [0.1, 0.15) is 26.7 Å². The van der Waals surface area contributed by atoms with Gasteiger partial charge in [-0.3, -0.25) is 4.79 Å². The number of ketones is 1. The van der Waals surface area contributed by atoms with E-state index in [2.05, 4.69) is 6.92 Å². The molecule has 0 aromatic rings. The Kier molecular flexibility index (Phi) is 3.90. The van der Waals surface area contributed by atoms with E-state index in [1.165, 1.54) is 11.1 Å². The zero-order valence-electron chi connectivity index (χ0n) is 8.30. The van der Waals surface area contributed by atoms with E-state index in [-0.39, 0.29) is 5.78 Å². The van der Waals surface area contributed by atoms with Crippen LogP contribution in [0.3, 0.4) is 0 Å². The molecule has 0 amide bonds. The molecular weight excluding hydrogens is 164 g/mol. The predicted molar refractivity (Wildman–Crippen MR) is 52.6 cm³/mol. The SMILES string of the molecule is CCC1=C(/C=C\C(C)=O)COCC1. The number of rotatable bonds is 3. The zero-order chi connectivity index (χ0) is 9.68. The normalized spacial score (nSPS) is 18.3. The lowest BCUT2D eigenvalue weighted by Crippen LogP contribution is -2.09. The Bertz CT molecular complexity index is 249. The molecule has 0 fully saturated rings. The number of ether oxygens (including phenoxy) is 1. The third kappa shape index (κ3) is 3.15. The Morgan fingerprint density at radius 2 is 2.38 bits per heavy atom. The van der Waals surface area contributed by atoms with E-state index in [1.54, 1.807) is 13.0 Å². The molecule has 1 aliphatic rings. The lowest BCUT2D eigenvalue weighted by atomic mass is 10.0. The average molecular weight is 180 g/mol. The summed E-state index contributed by atoms with van der Waals surface area (Å²) in [6, 6.07) is 0. The summed E-state index contributed by atoms with van der Waals surface area (Å²) in [6.45, 7) is 5.18. The number of carbonyl (C=O) groups is 1. The lowest BCUT2D eigenvalue weighted by molar-refractivity contribution is -0.112. The van der Waals surface area contributed by atoms with Crippen LogP contribution in [0.5, 0.6) is 0 Å². The molecule has 0 unspecified atom stereocenters. The first-order valence-corrected chi connectivity index (χ1v) is 4.71. The highest BCUT2D eigenvalue weighted by atomic mass is 16.5. The van der Waals surface area contributed by atoms with Crippen molar-refractivity contribution in [2.45, 2.75) is 26.7 Å². The quantitative estimate of drug-likeness (QED) is 0.623. The molecule has 2 heteroatoms. The summed E-state index contributed by atoms with van der Waals surface area (Å²) in [6.07, 6.45) is 5.56. The van der Waals surface area contributed by atoms with E-state index in [0.717, 1.165) is 19.4 Å². The highest BCUT2D eigenvalue weighted by molar-refractivity contribution is 5.87. The van der Waals surface area contributed by atoms with Gasteiger partial charge in [0.05, 0.1) is 13.2 Å². The molecule has 72 valence electrons. The topological polar surface area (TPSA) is 26.3 Å². The maximum absolute atomic E-state index is 10.7. The molecule has 1 aliphatic heterocycles. The summed E-state index contributed by atoms with van der Waals surface area (Å²) < 4.78 is 5.33.